The van der Waals surface area contributed by atoms with Crippen LogP contribution < -0.4 is 21.3 Å². The molecule has 0 unspecified atom stereocenters. The van der Waals surface area contributed by atoms with Crippen molar-refractivity contribution in [3.05, 3.63) is 90.9 Å². The monoisotopic (exact) mass is 463 g/mol. The van der Waals surface area contributed by atoms with Crippen LogP contribution >= 0.6 is 11.3 Å². The van der Waals surface area contributed by atoms with Gasteiger partial charge in [0.05, 0.1) is 19.2 Å². The van der Waals surface area contributed by atoms with Crippen LogP contribution in [-0.4, -0.2) is 22.2 Å². The smallest absolute Gasteiger partial charge is 0.332 e. The molecule has 0 spiro atoms. The molecular formula is C25H25N3O4S. The van der Waals surface area contributed by atoms with E-state index in [4.69, 9.17) is 4.74 Å². The van der Waals surface area contributed by atoms with Gasteiger partial charge >= 0.3 is 5.69 Å². The van der Waals surface area contributed by atoms with Crippen LogP contribution in [-0.2, 0) is 17.9 Å². The van der Waals surface area contributed by atoms with Crippen LogP contribution in [0, 0.1) is 20.8 Å². The molecule has 0 aliphatic rings. The molecule has 0 aliphatic heterocycles. The highest BCUT2D eigenvalue weighted by Gasteiger charge is 2.18. The standard InChI is InChI=1S/C25H25N3O4S/c1-15-10-16(2)22(17(3)11-15)26-21(29)14-27-20-8-9-33-23(20)24(30)28(25(27)31)13-18-6-5-7-19(12-18)32-4/h5-12H,13-14H2,1-4H3,(H,26,29). The highest BCUT2D eigenvalue weighted by Crippen LogP contribution is 2.22. The Bertz CT molecular complexity index is 1460. The van der Waals surface area contributed by atoms with Crippen LogP contribution in [0.3, 0.4) is 0 Å². The summed E-state index contributed by atoms with van der Waals surface area (Å²) in [7, 11) is 1.56. The van der Waals surface area contributed by atoms with Gasteiger partial charge < -0.3 is 10.1 Å². The van der Waals surface area contributed by atoms with Gasteiger partial charge in [0.25, 0.3) is 5.56 Å². The molecule has 0 saturated carbocycles. The third kappa shape index (κ3) is 4.47. The molecule has 2 heterocycles. The third-order valence-corrected chi connectivity index (χ3v) is 6.45. The van der Waals surface area contributed by atoms with Gasteiger partial charge in [0.2, 0.25) is 5.91 Å². The summed E-state index contributed by atoms with van der Waals surface area (Å²) in [6, 6.07) is 12.9. The van der Waals surface area contributed by atoms with Gasteiger partial charge in [0, 0.05) is 5.69 Å². The number of hydrogen-bond donors (Lipinski definition) is 1. The van der Waals surface area contributed by atoms with Gasteiger partial charge in [-0.25, -0.2) is 4.79 Å². The van der Waals surface area contributed by atoms with Crippen molar-refractivity contribution >= 4 is 33.1 Å². The van der Waals surface area contributed by atoms with Gasteiger partial charge in [-0.05, 0) is 61.0 Å². The first-order valence-corrected chi connectivity index (χ1v) is 11.4. The van der Waals surface area contributed by atoms with Gasteiger partial charge in [-0.2, -0.15) is 0 Å². The van der Waals surface area contributed by atoms with Crippen molar-refractivity contribution in [3.8, 4) is 5.75 Å². The molecule has 2 aromatic heterocycles. The van der Waals surface area contributed by atoms with Crippen LogP contribution in [0.25, 0.3) is 10.2 Å². The van der Waals surface area contributed by atoms with E-state index in [2.05, 4.69) is 5.32 Å². The maximum absolute atomic E-state index is 13.3. The van der Waals surface area contributed by atoms with Gasteiger partial charge in [0.15, 0.2) is 0 Å². The highest BCUT2D eigenvalue weighted by atomic mass is 32.1. The largest absolute Gasteiger partial charge is 0.497 e. The van der Waals surface area contributed by atoms with Crippen molar-refractivity contribution < 1.29 is 9.53 Å². The minimum atomic E-state index is -0.527. The van der Waals surface area contributed by atoms with Crippen LogP contribution in [0.15, 0.2) is 57.4 Å². The molecule has 0 atom stereocenters. The van der Waals surface area contributed by atoms with Crippen molar-refractivity contribution in [3.63, 3.8) is 0 Å². The van der Waals surface area contributed by atoms with Crippen LogP contribution in [0.1, 0.15) is 22.3 Å². The molecule has 0 aliphatic carbocycles. The highest BCUT2D eigenvalue weighted by molar-refractivity contribution is 7.17. The number of hydrogen-bond acceptors (Lipinski definition) is 5. The molecule has 4 aromatic rings. The lowest BCUT2D eigenvalue weighted by Gasteiger charge is -2.15. The van der Waals surface area contributed by atoms with Gasteiger partial charge in [-0.1, -0.05) is 29.8 Å². The number of benzene rings is 2. The summed E-state index contributed by atoms with van der Waals surface area (Å²) in [5, 5.41) is 4.69. The van der Waals surface area contributed by atoms with E-state index in [0.29, 0.717) is 16.0 Å². The fraction of sp³-hybridized carbons (Fsp3) is 0.240. The zero-order chi connectivity index (χ0) is 23.7. The summed E-state index contributed by atoms with van der Waals surface area (Å²) in [5.41, 5.74) is 4.09. The molecule has 0 radical (unpaired) electrons. The van der Waals surface area contributed by atoms with E-state index >= 15 is 0 Å². The molecule has 1 amide bonds. The number of thiophene rings is 1. The topological polar surface area (TPSA) is 82.3 Å². The Morgan fingerprint density at radius 1 is 1.03 bits per heavy atom. The summed E-state index contributed by atoms with van der Waals surface area (Å²) in [4.78, 5) is 39.3. The fourth-order valence-electron chi connectivity index (χ4n) is 4.08. The predicted octanol–water partition coefficient (Wildman–Crippen LogP) is 3.85. The first-order valence-electron chi connectivity index (χ1n) is 10.5. The summed E-state index contributed by atoms with van der Waals surface area (Å²) >= 11 is 1.26. The Morgan fingerprint density at radius 2 is 1.76 bits per heavy atom. The van der Waals surface area contributed by atoms with E-state index in [1.165, 1.54) is 20.5 Å². The van der Waals surface area contributed by atoms with E-state index < -0.39 is 5.69 Å². The zero-order valence-corrected chi connectivity index (χ0v) is 19.8. The fourth-order valence-corrected chi connectivity index (χ4v) is 4.92. The maximum atomic E-state index is 13.3. The number of fused-ring (bicyclic) bond motifs is 1. The Labute approximate surface area is 194 Å². The number of anilines is 1. The normalized spacial score (nSPS) is 11.0. The molecule has 0 bridgehead atoms. The number of nitrogens with one attached hydrogen (secondary N) is 1. The van der Waals surface area contributed by atoms with E-state index in [-0.39, 0.29) is 24.6 Å². The molecule has 170 valence electrons. The number of amides is 1. The van der Waals surface area contributed by atoms with Gasteiger partial charge in [0.1, 0.15) is 17.0 Å². The SMILES string of the molecule is COc1cccc(Cn2c(=O)c3sccc3n(CC(=O)Nc3c(C)cc(C)cc3C)c2=O)c1. The van der Waals surface area contributed by atoms with Crippen LogP contribution in [0.4, 0.5) is 5.69 Å². The van der Waals surface area contributed by atoms with Gasteiger partial charge in [-0.3, -0.25) is 18.7 Å². The Hall–Kier alpha value is -3.65. The molecule has 2 aromatic carbocycles. The molecule has 0 fully saturated rings. The molecule has 1 N–H and O–H groups in total. The molecule has 7 nitrogen and oxygen atoms in total. The average Bonchev–Trinajstić information content (AvgIpc) is 3.27. The Balaban J connectivity index is 1.72. The molecule has 33 heavy (non-hydrogen) atoms. The number of aryl methyl sites for hydroxylation is 3. The van der Waals surface area contributed by atoms with E-state index in [0.717, 1.165) is 27.9 Å². The Morgan fingerprint density at radius 3 is 2.45 bits per heavy atom. The lowest BCUT2D eigenvalue weighted by atomic mass is 10.1. The second-order valence-electron chi connectivity index (χ2n) is 8.07. The number of ether oxygens (including phenoxy) is 1. The number of carbonyl (C=O) groups is 1. The number of methoxy groups -OCH3 is 1. The van der Waals surface area contributed by atoms with Gasteiger partial charge in [-0.15, -0.1) is 11.3 Å². The summed E-state index contributed by atoms with van der Waals surface area (Å²) in [6.07, 6.45) is 0. The number of rotatable bonds is 6. The minimum Gasteiger partial charge on any atom is -0.497 e. The second-order valence-corrected chi connectivity index (χ2v) is 8.98. The lowest BCUT2D eigenvalue weighted by molar-refractivity contribution is -0.116. The van der Waals surface area contributed by atoms with Crippen LogP contribution in [0.2, 0.25) is 0 Å². The van der Waals surface area contributed by atoms with Crippen molar-refractivity contribution in [2.75, 3.05) is 12.4 Å². The molecular weight excluding hydrogens is 438 g/mol. The number of nitrogens with zero attached hydrogens (tertiary/aromatic N) is 2. The number of aromatic nitrogens is 2. The summed E-state index contributed by atoms with van der Waals surface area (Å²) < 4.78 is 8.22. The van der Waals surface area contributed by atoms with E-state index in [9.17, 15) is 14.4 Å². The number of carbonyl (C=O) groups excluding carboxylic acids is 1. The minimum absolute atomic E-state index is 0.0838. The predicted molar refractivity (Wildman–Crippen MR) is 132 cm³/mol. The second kappa shape index (κ2) is 9.07. The Kier molecular flexibility index (Phi) is 6.20. The van der Waals surface area contributed by atoms with Crippen molar-refractivity contribution in [2.24, 2.45) is 0 Å². The van der Waals surface area contributed by atoms with Crippen molar-refractivity contribution in [1.82, 2.24) is 9.13 Å². The average molecular weight is 464 g/mol. The summed E-state index contributed by atoms with van der Waals surface area (Å²) in [5.74, 6) is 0.313. The molecule has 8 heteroatoms. The lowest BCUT2D eigenvalue weighted by Crippen LogP contribution is -2.41. The van der Waals surface area contributed by atoms with Crippen molar-refractivity contribution in [1.29, 1.82) is 0 Å². The quantitative estimate of drug-likeness (QED) is 0.471. The summed E-state index contributed by atoms with van der Waals surface area (Å²) in [6.45, 7) is 5.77. The van der Waals surface area contributed by atoms with Crippen LogP contribution in [0.5, 0.6) is 5.75 Å². The zero-order valence-electron chi connectivity index (χ0n) is 19.0. The first-order chi connectivity index (χ1) is 15.8. The molecule has 4 rings (SSSR count). The van der Waals surface area contributed by atoms with E-state index in [1.54, 1.807) is 36.8 Å². The maximum Gasteiger partial charge on any atom is 0.332 e. The third-order valence-electron chi connectivity index (χ3n) is 5.55. The first kappa shape index (κ1) is 22.5. The van der Waals surface area contributed by atoms with E-state index in [1.807, 2.05) is 39.0 Å². The van der Waals surface area contributed by atoms with Crippen molar-refractivity contribution in [2.45, 2.75) is 33.9 Å². The molecule has 0 saturated heterocycles.